The van der Waals surface area contributed by atoms with Crippen molar-refractivity contribution >= 4 is 5.91 Å². The Morgan fingerprint density at radius 2 is 2.00 bits per heavy atom. The van der Waals surface area contributed by atoms with Gasteiger partial charge in [0, 0.05) is 37.0 Å². The molecular formula is C29H44N2O4. The Morgan fingerprint density at radius 1 is 1.23 bits per heavy atom. The maximum Gasteiger partial charge on any atom is 0.255 e. The molecule has 2 aliphatic heterocycles. The van der Waals surface area contributed by atoms with E-state index in [1.54, 1.807) is 0 Å². The lowest BCUT2D eigenvalue weighted by Gasteiger charge is -2.46. The average Bonchev–Trinajstić information content (AvgIpc) is 2.82. The number of hydrogen-bond donors (Lipinski definition) is 2. The predicted molar refractivity (Wildman–Crippen MR) is 139 cm³/mol. The van der Waals surface area contributed by atoms with Gasteiger partial charge >= 0.3 is 0 Å². The average molecular weight is 485 g/mol. The summed E-state index contributed by atoms with van der Waals surface area (Å²) < 4.78 is 11.9. The summed E-state index contributed by atoms with van der Waals surface area (Å²) in [6.07, 6.45) is 9.20. The number of unbranched alkanes of at least 4 members (excludes halogenated alkanes) is 2. The highest BCUT2D eigenvalue weighted by atomic mass is 16.5. The standard InChI is InChI=1S/C29H44N2O4/c1-5-6-7-9-21-19-24-26(22-18-20(2)10-11-23(22)29(3,4)35-24)27(32)25(21)28(33)30-12-8-13-31-14-16-34-17-15-31/h18-19,22-23,32H,5-17H2,1-4H3,(H,30,33)/t22-,23-/m1/s1. The van der Waals surface area contributed by atoms with Crippen LogP contribution < -0.4 is 10.1 Å². The van der Waals surface area contributed by atoms with Gasteiger partial charge in [-0.25, -0.2) is 0 Å². The molecule has 2 heterocycles. The number of nitrogens with one attached hydrogen (secondary N) is 1. The molecule has 1 aromatic carbocycles. The molecule has 2 N–H and O–H groups in total. The van der Waals surface area contributed by atoms with E-state index in [2.05, 4.69) is 44.0 Å². The maximum absolute atomic E-state index is 13.4. The van der Waals surface area contributed by atoms with E-state index in [1.807, 2.05) is 6.07 Å². The minimum atomic E-state index is -0.314. The highest BCUT2D eigenvalue weighted by Crippen LogP contribution is 2.54. The van der Waals surface area contributed by atoms with Crippen LogP contribution >= 0.6 is 0 Å². The number of hydrogen-bond acceptors (Lipinski definition) is 5. The third-order valence-corrected chi connectivity index (χ3v) is 8.05. The minimum Gasteiger partial charge on any atom is -0.507 e. The van der Waals surface area contributed by atoms with Crippen molar-refractivity contribution < 1.29 is 19.4 Å². The van der Waals surface area contributed by atoms with Gasteiger partial charge in [-0.15, -0.1) is 0 Å². The molecule has 1 saturated heterocycles. The molecule has 35 heavy (non-hydrogen) atoms. The van der Waals surface area contributed by atoms with Crippen LogP contribution in [-0.4, -0.2) is 60.9 Å². The van der Waals surface area contributed by atoms with Crippen molar-refractivity contribution in [1.29, 1.82) is 0 Å². The number of amides is 1. The van der Waals surface area contributed by atoms with Crippen LogP contribution in [0.15, 0.2) is 17.7 Å². The summed E-state index contributed by atoms with van der Waals surface area (Å²) in [5, 5.41) is 14.7. The third kappa shape index (κ3) is 5.86. The predicted octanol–water partition coefficient (Wildman–Crippen LogP) is 5.19. The summed E-state index contributed by atoms with van der Waals surface area (Å²) in [7, 11) is 0. The smallest absolute Gasteiger partial charge is 0.255 e. The fourth-order valence-corrected chi connectivity index (χ4v) is 6.04. The normalized spacial score (nSPS) is 23.6. The van der Waals surface area contributed by atoms with Gasteiger partial charge < -0.3 is 19.9 Å². The van der Waals surface area contributed by atoms with Crippen LogP contribution in [0.25, 0.3) is 0 Å². The summed E-state index contributed by atoms with van der Waals surface area (Å²) in [5.74, 6) is 1.04. The van der Waals surface area contributed by atoms with E-state index in [0.29, 0.717) is 12.1 Å². The first-order chi connectivity index (χ1) is 16.8. The number of morpholine rings is 1. The molecule has 0 spiro atoms. The van der Waals surface area contributed by atoms with Crippen LogP contribution in [0.5, 0.6) is 11.5 Å². The zero-order valence-electron chi connectivity index (χ0n) is 22.1. The van der Waals surface area contributed by atoms with Gasteiger partial charge in [0.05, 0.1) is 18.8 Å². The van der Waals surface area contributed by atoms with Gasteiger partial charge in [0.25, 0.3) is 5.91 Å². The van der Waals surface area contributed by atoms with Crippen molar-refractivity contribution in [1.82, 2.24) is 10.2 Å². The van der Waals surface area contributed by atoms with E-state index >= 15 is 0 Å². The number of aryl methyl sites for hydroxylation is 1. The van der Waals surface area contributed by atoms with Crippen LogP contribution in [0.2, 0.25) is 0 Å². The second-order valence-electron chi connectivity index (χ2n) is 11.1. The topological polar surface area (TPSA) is 71.0 Å². The summed E-state index contributed by atoms with van der Waals surface area (Å²) in [4.78, 5) is 15.8. The quantitative estimate of drug-likeness (QED) is 0.373. The SMILES string of the molecule is CCCCCc1cc2c(c(O)c1C(=O)NCCCN1CCOCC1)[C@@H]1C=C(C)CC[C@H]1C(C)(C)O2. The fraction of sp³-hybridized carbons (Fsp3) is 0.690. The first kappa shape index (κ1) is 26.0. The summed E-state index contributed by atoms with van der Waals surface area (Å²) >= 11 is 0. The Bertz CT molecular complexity index is 933. The number of phenols is 1. The van der Waals surface area contributed by atoms with Gasteiger partial charge in [0.15, 0.2) is 0 Å². The fourth-order valence-electron chi connectivity index (χ4n) is 6.04. The number of nitrogens with zero attached hydrogens (tertiary/aromatic N) is 1. The molecule has 2 atom stereocenters. The molecule has 6 nitrogen and oxygen atoms in total. The molecular weight excluding hydrogens is 440 g/mol. The van der Waals surface area contributed by atoms with E-state index in [4.69, 9.17) is 9.47 Å². The lowest BCUT2D eigenvalue weighted by molar-refractivity contribution is 0.0107. The Balaban J connectivity index is 1.59. The first-order valence-corrected chi connectivity index (χ1v) is 13.6. The lowest BCUT2D eigenvalue weighted by atomic mass is 9.67. The Morgan fingerprint density at radius 3 is 2.74 bits per heavy atom. The van der Waals surface area contributed by atoms with E-state index in [-0.39, 0.29) is 29.1 Å². The van der Waals surface area contributed by atoms with E-state index in [9.17, 15) is 9.90 Å². The molecule has 4 rings (SSSR count). The number of aromatic hydroxyl groups is 1. The largest absolute Gasteiger partial charge is 0.507 e. The molecule has 0 radical (unpaired) electrons. The highest BCUT2D eigenvalue weighted by Gasteiger charge is 2.46. The van der Waals surface area contributed by atoms with Crippen molar-refractivity contribution in [3.8, 4) is 11.5 Å². The number of carbonyl (C=O) groups is 1. The molecule has 194 valence electrons. The van der Waals surface area contributed by atoms with Gasteiger partial charge in [-0.2, -0.15) is 0 Å². The molecule has 6 heteroatoms. The monoisotopic (exact) mass is 484 g/mol. The summed E-state index contributed by atoms with van der Waals surface area (Å²) in [6.45, 7) is 13.7. The third-order valence-electron chi connectivity index (χ3n) is 8.05. The Hall–Kier alpha value is -2.05. The minimum absolute atomic E-state index is 0.0695. The number of benzene rings is 1. The Labute approximate surface area is 211 Å². The van der Waals surface area contributed by atoms with E-state index < -0.39 is 0 Å². The van der Waals surface area contributed by atoms with Crippen molar-refractivity contribution in [2.75, 3.05) is 39.4 Å². The molecule has 1 fully saturated rings. The number of fused-ring (bicyclic) bond motifs is 3. The highest BCUT2D eigenvalue weighted by molar-refractivity contribution is 5.99. The van der Waals surface area contributed by atoms with Gasteiger partial charge in [0.2, 0.25) is 0 Å². The first-order valence-electron chi connectivity index (χ1n) is 13.6. The van der Waals surface area contributed by atoms with Gasteiger partial charge in [-0.3, -0.25) is 9.69 Å². The second-order valence-corrected chi connectivity index (χ2v) is 11.1. The molecule has 1 aliphatic carbocycles. The van der Waals surface area contributed by atoms with E-state index in [0.717, 1.165) is 94.7 Å². The second kappa shape index (κ2) is 11.3. The number of rotatable bonds is 9. The van der Waals surface area contributed by atoms with E-state index in [1.165, 1.54) is 5.57 Å². The Kier molecular flexibility index (Phi) is 8.43. The molecule has 0 unspecified atom stereocenters. The van der Waals surface area contributed by atoms with Gasteiger partial charge in [-0.05, 0) is 71.0 Å². The number of ether oxygens (including phenoxy) is 2. The van der Waals surface area contributed by atoms with Crippen molar-refractivity contribution in [2.45, 2.75) is 84.2 Å². The van der Waals surface area contributed by atoms with Crippen molar-refractivity contribution in [3.05, 3.63) is 34.4 Å². The molecule has 1 amide bonds. The zero-order valence-corrected chi connectivity index (χ0v) is 22.1. The summed E-state index contributed by atoms with van der Waals surface area (Å²) in [5.41, 5.74) is 3.17. The molecule has 0 saturated carbocycles. The van der Waals surface area contributed by atoms with Crippen LogP contribution in [-0.2, 0) is 11.2 Å². The van der Waals surface area contributed by atoms with Crippen molar-refractivity contribution in [3.63, 3.8) is 0 Å². The lowest BCUT2D eigenvalue weighted by Crippen LogP contribution is -2.45. The number of allylic oxidation sites excluding steroid dienone is 2. The number of carbonyl (C=O) groups excluding carboxylic acids is 1. The van der Waals surface area contributed by atoms with Gasteiger partial charge in [0.1, 0.15) is 17.1 Å². The van der Waals surface area contributed by atoms with Crippen LogP contribution in [0.4, 0.5) is 0 Å². The molecule has 3 aliphatic rings. The molecule has 0 bridgehead atoms. The van der Waals surface area contributed by atoms with Gasteiger partial charge in [-0.1, -0.05) is 31.4 Å². The summed E-state index contributed by atoms with van der Waals surface area (Å²) in [6, 6.07) is 2.04. The molecule has 1 aromatic rings. The molecule has 0 aromatic heterocycles. The van der Waals surface area contributed by atoms with Crippen LogP contribution in [0.1, 0.15) is 93.6 Å². The number of phenolic OH excluding ortho intramolecular Hbond substituents is 1. The van der Waals surface area contributed by atoms with Crippen LogP contribution in [0, 0.1) is 5.92 Å². The van der Waals surface area contributed by atoms with Crippen LogP contribution in [0.3, 0.4) is 0 Å². The van der Waals surface area contributed by atoms with Crippen molar-refractivity contribution in [2.24, 2.45) is 5.92 Å². The maximum atomic E-state index is 13.4. The zero-order chi connectivity index (χ0) is 25.0.